The Morgan fingerprint density at radius 2 is 1.95 bits per heavy atom. The standard InChI is InChI=1S/C29H28ClF2N7O2/c1-16(2)39-26-21(20-7-8-24(27(20)39)37-25-15-33-11-12-34-25)13-17(14-22(26)23-9-10-35-38-23)28(40)36-18-3-5-19(6-4-18)41-29(30,31)32/h3-6,9-16,20,24,27H,7-8H2,1-2H3,(H,34,37)(H,35,38)(H,36,40). The van der Waals surface area contributed by atoms with Gasteiger partial charge in [0.25, 0.3) is 5.91 Å². The van der Waals surface area contributed by atoms with Gasteiger partial charge in [0.15, 0.2) is 0 Å². The number of ether oxygens (including phenoxy) is 1. The fourth-order valence-electron chi connectivity index (χ4n) is 6.09. The van der Waals surface area contributed by atoms with Crippen LogP contribution in [0.3, 0.4) is 0 Å². The van der Waals surface area contributed by atoms with E-state index in [4.69, 9.17) is 11.6 Å². The third-order valence-corrected chi connectivity index (χ3v) is 7.66. The van der Waals surface area contributed by atoms with Crippen molar-refractivity contribution in [2.24, 2.45) is 0 Å². The van der Waals surface area contributed by atoms with Gasteiger partial charge in [-0.1, -0.05) is 0 Å². The first-order chi connectivity index (χ1) is 19.7. The number of carbonyl (C=O) groups is 1. The number of carbonyl (C=O) groups excluding carboxylic acids is 1. The molecule has 1 aliphatic heterocycles. The van der Waals surface area contributed by atoms with Gasteiger partial charge in [-0.2, -0.15) is 5.10 Å². The van der Waals surface area contributed by atoms with E-state index >= 15 is 0 Å². The van der Waals surface area contributed by atoms with Gasteiger partial charge in [0.2, 0.25) is 0 Å². The lowest BCUT2D eigenvalue weighted by Gasteiger charge is -2.36. The van der Waals surface area contributed by atoms with Crippen molar-refractivity contribution in [2.45, 2.75) is 56.3 Å². The molecule has 1 amide bonds. The highest BCUT2D eigenvalue weighted by molar-refractivity contribution is 6.20. The Morgan fingerprint density at radius 1 is 1.15 bits per heavy atom. The predicted octanol–water partition coefficient (Wildman–Crippen LogP) is 6.24. The number of nitrogens with one attached hydrogen (secondary N) is 3. The number of benzene rings is 2. The summed E-state index contributed by atoms with van der Waals surface area (Å²) in [6, 6.07) is 11.8. The fraction of sp³-hybridized carbons (Fsp3) is 0.310. The molecule has 6 rings (SSSR count). The highest BCUT2D eigenvalue weighted by Gasteiger charge is 2.49. The number of alkyl halides is 3. The molecular formula is C29H28ClF2N7O2. The summed E-state index contributed by atoms with van der Waals surface area (Å²) in [4.78, 5) is 24.6. The Hall–Kier alpha value is -4.25. The van der Waals surface area contributed by atoms with Crippen molar-refractivity contribution in [1.82, 2.24) is 20.2 Å². The summed E-state index contributed by atoms with van der Waals surface area (Å²) in [7, 11) is 0. The number of amides is 1. The van der Waals surface area contributed by atoms with Crippen LogP contribution in [-0.2, 0) is 0 Å². The van der Waals surface area contributed by atoms with Crippen molar-refractivity contribution >= 4 is 34.7 Å². The molecule has 12 heteroatoms. The molecule has 3 heterocycles. The number of aromatic nitrogens is 4. The van der Waals surface area contributed by atoms with Crippen LogP contribution in [0.4, 0.5) is 26.0 Å². The van der Waals surface area contributed by atoms with Crippen LogP contribution in [0.2, 0.25) is 0 Å². The van der Waals surface area contributed by atoms with E-state index in [2.05, 4.69) is 54.3 Å². The summed E-state index contributed by atoms with van der Waals surface area (Å²) in [5.41, 5.74) is 0.990. The number of H-pyrrole nitrogens is 1. The molecule has 1 fully saturated rings. The Balaban J connectivity index is 1.35. The second-order valence-corrected chi connectivity index (χ2v) is 10.9. The third-order valence-electron chi connectivity index (χ3n) is 7.58. The molecule has 2 aromatic carbocycles. The summed E-state index contributed by atoms with van der Waals surface area (Å²) in [6.07, 6.45) is 8.63. The summed E-state index contributed by atoms with van der Waals surface area (Å²) < 4.78 is 30.3. The molecular weight excluding hydrogens is 552 g/mol. The number of hydrogen-bond donors (Lipinski definition) is 3. The fourth-order valence-corrected chi connectivity index (χ4v) is 6.18. The lowest BCUT2D eigenvalue weighted by atomic mass is 9.92. The minimum absolute atomic E-state index is 0.118. The first kappa shape index (κ1) is 26.9. The second kappa shape index (κ2) is 10.6. The summed E-state index contributed by atoms with van der Waals surface area (Å²) in [5.74, 6) is 0.493. The van der Waals surface area contributed by atoms with Gasteiger partial charge in [-0.3, -0.25) is 14.9 Å². The highest BCUT2D eigenvalue weighted by atomic mass is 35.5. The molecule has 41 heavy (non-hydrogen) atoms. The van der Waals surface area contributed by atoms with Crippen molar-refractivity contribution < 1.29 is 18.3 Å². The van der Waals surface area contributed by atoms with Crippen molar-refractivity contribution in [3.8, 4) is 17.0 Å². The zero-order chi connectivity index (χ0) is 28.7. The van der Waals surface area contributed by atoms with Crippen molar-refractivity contribution in [3.63, 3.8) is 0 Å². The normalized spacial score (nSPS) is 19.7. The Bertz CT molecular complexity index is 1530. The molecule has 0 spiro atoms. The molecule has 0 saturated heterocycles. The number of rotatable bonds is 8. The van der Waals surface area contributed by atoms with Crippen molar-refractivity contribution in [1.29, 1.82) is 0 Å². The second-order valence-electron chi connectivity index (χ2n) is 10.5. The third kappa shape index (κ3) is 5.41. The smallest absolute Gasteiger partial charge is 0.420 e. The van der Waals surface area contributed by atoms with Gasteiger partial charge >= 0.3 is 5.57 Å². The summed E-state index contributed by atoms with van der Waals surface area (Å²) in [6.45, 7) is 4.35. The zero-order valence-electron chi connectivity index (χ0n) is 22.3. The van der Waals surface area contributed by atoms with E-state index in [1.807, 2.05) is 18.2 Å². The minimum atomic E-state index is -3.82. The number of fused-ring (bicyclic) bond motifs is 3. The van der Waals surface area contributed by atoms with Crippen LogP contribution in [0.5, 0.6) is 5.75 Å². The quantitative estimate of drug-likeness (QED) is 0.212. The van der Waals surface area contributed by atoms with E-state index in [9.17, 15) is 13.6 Å². The van der Waals surface area contributed by atoms with Gasteiger partial charge in [0.05, 0.1) is 23.6 Å². The molecule has 2 aliphatic rings. The van der Waals surface area contributed by atoms with Gasteiger partial charge in [0.1, 0.15) is 11.6 Å². The largest absolute Gasteiger partial charge is 0.487 e. The van der Waals surface area contributed by atoms with Gasteiger partial charge in [-0.25, -0.2) is 4.98 Å². The molecule has 2 aromatic heterocycles. The molecule has 4 aromatic rings. The number of anilines is 3. The molecule has 9 nitrogen and oxygen atoms in total. The molecule has 1 aliphatic carbocycles. The number of aromatic amines is 1. The molecule has 0 radical (unpaired) electrons. The van der Waals surface area contributed by atoms with E-state index in [0.717, 1.165) is 41.2 Å². The van der Waals surface area contributed by atoms with Crippen LogP contribution < -0.4 is 20.3 Å². The maximum absolute atomic E-state index is 13.5. The maximum Gasteiger partial charge on any atom is 0.487 e. The molecule has 1 saturated carbocycles. The van der Waals surface area contributed by atoms with E-state index in [-0.39, 0.29) is 35.7 Å². The average molecular weight is 580 g/mol. The maximum atomic E-state index is 13.5. The zero-order valence-corrected chi connectivity index (χ0v) is 23.1. The monoisotopic (exact) mass is 579 g/mol. The lowest BCUT2D eigenvalue weighted by molar-refractivity contribution is -0.0964. The van der Waals surface area contributed by atoms with Crippen LogP contribution in [0.1, 0.15) is 48.5 Å². The molecule has 0 bridgehead atoms. The van der Waals surface area contributed by atoms with Crippen LogP contribution >= 0.6 is 11.6 Å². The van der Waals surface area contributed by atoms with E-state index < -0.39 is 5.57 Å². The van der Waals surface area contributed by atoms with Crippen LogP contribution in [0.15, 0.2) is 67.3 Å². The van der Waals surface area contributed by atoms with Gasteiger partial charge < -0.3 is 20.3 Å². The van der Waals surface area contributed by atoms with Gasteiger partial charge in [-0.05, 0) is 74.7 Å². The average Bonchev–Trinajstić information content (AvgIpc) is 3.67. The van der Waals surface area contributed by atoms with Crippen molar-refractivity contribution in [3.05, 3.63) is 78.4 Å². The minimum Gasteiger partial charge on any atom is -0.420 e. The molecule has 3 unspecified atom stereocenters. The van der Waals surface area contributed by atoms with Crippen molar-refractivity contribution in [2.75, 3.05) is 15.5 Å². The van der Waals surface area contributed by atoms with Crippen LogP contribution in [0, 0.1) is 0 Å². The Labute approximate surface area is 240 Å². The Kier molecular flexibility index (Phi) is 6.98. The molecule has 3 atom stereocenters. The number of nitrogens with zero attached hydrogens (tertiary/aromatic N) is 4. The van der Waals surface area contributed by atoms with E-state index in [0.29, 0.717) is 11.3 Å². The van der Waals surface area contributed by atoms with Crippen LogP contribution in [-0.4, -0.2) is 49.8 Å². The van der Waals surface area contributed by atoms with E-state index in [1.165, 1.54) is 24.3 Å². The van der Waals surface area contributed by atoms with Crippen LogP contribution in [0.25, 0.3) is 11.3 Å². The van der Waals surface area contributed by atoms with Gasteiger partial charge in [0, 0.05) is 65.0 Å². The molecule has 212 valence electrons. The summed E-state index contributed by atoms with van der Waals surface area (Å²) in [5, 5.41) is 13.7. The topological polar surface area (TPSA) is 108 Å². The highest BCUT2D eigenvalue weighted by Crippen LogP contribution is 2.54. The van der Waals surface area contributed by atoms with E-state index in [1.54, 1.807) is 24.8 Å². The lowest BCUT2D eigenvalue weighted by Crippen LogP contribution is -2.46. The SMILES string of the molecule is CC(C)N1c2c(-c3ccn[nH]3)cc(C(=O)Nc3ccc(OC(F)(F)Cl)cc3)cc2C2CCC(Nc3cnccn3)C21. The molecule has 3 N–H and O–H groups in total. The number of hydrogen-bond acceptors (Lipinski definition) is 7. The summed E-state index contributed by atoms with van der Waals surface area (Å²) >= 11 is 4.85. The predicted molar refractivity (Wildman–Crippen MR) is 153 cm³/mol. The first-order valence-electron chi connectivity index (χ1n) is 13.3. The Morgan fingerprint density at radius 3 is 2.61 bits per heavy atom. The van der Waals surface area contributed by atoms with Gasteiger partial charge in [-0.15, -0.1) is 8.78 Å². The number of halogens is 3. The first-order valence-corrected chi connectivity index (χ1v) is 13.7.